The molecular weight excluding hydrogens is 388 g/mol. The van der Waals surface area contributed by atoms with E-state index < -0.39 is 0 Å². The summed E-state index contributed by atoms with van der Waals surface area (Å²) in [6.45, 7) is 7.98. The van der Waals surface area contributed by atoms with Gasteiger partial charge in [-0.15, -0.1) is 0 Å². The molecule has 0 bridgehead atoms. The summed E-state index contributed by atoms with van der Waals surface area (Å²) in [5, 5.41) is 7.34. The molecule has 6 heteroatoms. The van der Waals surface area contributed by atoms with Gasteiger partial charge in [-0.3, -0.25) is 9.89 Å². The van der Waals surface area contributed by atoms with Gasteiger partial charge in [-0.1, -0.05) is 43.7 Å². The number of carbonyl (C=O) groups excluding carboxylic acids is 1. The monoisotopic (exact) mass is 418 g/mol. The third-order valence-corrected chi connectivity index (χ3v) is 5.75. The summed E-state index contributed by atoms with van der Waals surface area (Å²) in [5.41, 5.74) is 4.66. The molecule has 1 saturated heterocycles. The van der Waals surface area contributed by atoms with Crippen LogP contribution in [0.15, 0.2) is 54.6 Å². The van der Waals surface area contributed by atoms with Crippen molar-refractivity contribution >= 4 is 11.6 Å². The van der Waals surface area contributed by atoms with Crippen molar-refractivity contribution in [2.24, 2.45) is 0 Å². The molecule has 1 aliphatic rings. The summed E-state index contributed by atoms with van der Waals surface area (Å²) in [6, 6.07) is 18.1. The lowest BCUT2D eigenvalue weighted by Crippen LogP contribution is -2.49. The van der Waals surface area contributed by atoms with Gasteiger partial charge in [0.25, 0.3) is 5.91 Å². The molecule has 162 valence electrons. The van der Waals surface area contributed by atoms with E-state index in [-0.39, 0.29) is 5.91 Å². The van der Waals surface area contributed by atoms with Crippen LogP contribution >= 0.6 is 0 Å². The van der Waals surface area contributed by atoms with Crippen LogP contribution in [0, 0.1) is 6.92 Å². The van der Waals surface area contributed by atoms with E-state index in [2.05, 4.69) is 53.2 Å². The summed E-state index contributed by atoms with van der Waals surface area (Å²) < 4.78 is 5.93. The summed E-state index contributed by atoms with van der Waals surface area (Å²) in [7, 11) is 0. The number of aryl methyl sites for hydroxylation is 1. The van der Waals surface area contributed by atoms with Crippen LogP contribution in [-0.2, 0) is 0 Å². The van der Waals surface area contributed by atoms with E-state index in [0.29, 0.717) is 25.4 Å². The Kier molecular flexibility index (Phi) is 6.55. The zero-order valence-corrected chi connectivity index (χ0v) is 18.3. The lowest BCUT2D eigenvalue weighted by Gasteiger charge is -2.36. The summed E-state index contributed by atoms with van der Waals surface area (Å²) in [5.74, 6) is 0.792. The van der Waals surface area contributed by atoms with E-state index >= 15 is 0 Å². The first kappa shape index (κ1) is 21.0. The van der Waals surface area contributed by atoms with Gasteiger partial charge < -0.3 is 14.5 Å². The molecule has 1 aliphatic heterocycles. The highest BCUT2D eigenvalue weighted by molar-refractivity contribution is 5.93. The second-order valence-corrected chi connectivity index (χ2v) is 7.93. The number of ether oxygens (including phenoxy) is 1. The molecule has 0 spiro atoms. The first-order valence-electron chi connectivity index (χ1n) is 11.0. The zero-order valence-electron chi connectivity index (χ0n) is 18.3. The molecule has 3 aromatic rings. The van der Waals surface area contributed by atoms with Gasteiger partial charge in [0.1, 0.15) is 11.4 Å². The van der Waals surface area contributed by atoms with Crippen molar-refractivity contribution in [1.29, 1.82) is 0 Å². The van der Waals surface area contributed by atoms with Crippen LogP contribution in [0.3, 0.4) is 0 Å². The predicted molar refractivity (Wildman–Crippen MR) is 124 cm³/mol. The number of piperazine rings is 1. The minimum absolute atomic E-state index is 0.00688. The van der Waals surface area contributed by atoms with Crippen molar-refractivity contribution < 1.29 is 9.53 Å². The molecule has 0 atom stereocenters. The van der Waals surface area contributed by atoms with Crippen LogP contribution < -0.4 is 9.64 Å². The van der Waals surface area contributed by atoms with E-state index in [1.165, 1.54) is 11.3 Å². The highest BCUT2D eigenvalue weighted by Crippen LogP contribution is 2.29. The molecule has 4 rings (SSSR count). The van der Waals surface area contributed by atoms with Crippen molar-refractivity contribution in [2.75, 3.05) is 37.7 Å². The number of aromatic amines is 1. The predicted octanol–water partition coefficient (Wildman–Crippen LogP) is 4.53. The fourth-order valence-electron chi connectivity index (χ4n) is 3.94. The first-order chi connectivity index (χ1) is 15.2. The van der Waals surface area contributed by atoms with Crippen LogP contribution in [0.25, 0.3) is 11.3 Å². The minimum atomic E-state index is -0.00688. The summed E-state index contributed by atoms with van der Waals surface area (Å²) in [6.07, 6.45) is 2.09. The Balaban J connectivity index is 1.42. The number of H-pyrrole nitrogens is 1. The Bertz CT molecular complexity index is 1020. The molecule has 31 heavy (non-hydrogen) atoms. The normalized spacial score (nSPS) is 14.0. The molecule has 1 fully saturated rings. The fourth-order valence-corrected chi connectivity index (χ4v) is 3.94. The molecule has 1 amide bonds. The zero-order chi connectivity index (χ0) is 21.6. The molecule has 1 N–H and O–H groups in total. The second-order valence-electron chi connectivity index (χ2n) is 7.93. The SMILES string of the molecule is CCCCOc1ccccc1-c1cc(C(=O)N2CCN(c3ccccc3C)CC2)[nH]n1. The van der Waals surface area contributed by atoms with Gasteiger partial charge in [0.15, 0.2) is 0 Å². The minimum Gasteiger partial charge on any atom is -0.493 e. The molecule has 0 radical (unpaired) electrons. The lowest BCUT2D eigenvalue weighted by molar-refractivity contribution is 0.0741. The Labute approximate surface area is 183 Å². The van der Waals surface area contributed by atoms with E-state index in [1.54, 1.807) is 0 Å². The first-order valence-corrected chi connectivity index (χ1v) is 11.0. The Morgan fingerprint density at radius 3 is 2.58 bits per heavy atom. The van der Waals surface area contributed by atoms with E-state index in [0.717, 1.165) is 42.9 Å². The molecule has 6 nitrogen and oxygen atoms in total. The number of amides is 1. The lowest BCUT2D eigenvalue weighted by atomic mass is 10.1. The molecule has 2 heterocycles. The number of anilines is 1. The highest BCUT2D eigenvalue weighted by atomic mass is 16.5. The molecule has 0 unspecified atom stereocenters. The van der Waals surface area contributed by atoms with Crippen molar-refractivity contribution in [1.82, 2.24) is 15.1 Å². The Morgan fingerprint density at radius 2 is 1.81 bits per heavy atom. The largest absolute Gasteiger partial charge is 0.493 e. The quantitative estimate of drug-likeness (QED) is 0.573. The number of hydrogen-bond donors (Lipinski definition) is 1. The van der Waals surface area contributed by atoms with Gasteiger partial charge in [0.05, 0.1) is 12.3 Å². The van der Waals surface area contributed by atoms with Gasteiger partial charge in [0.2, 0.25) is 0 Å². The van der Waals surface area contributed by atoms with Crippen LogP contribution in [0.5, 0.6) is 5.75 Å². The number of aromatic nitrogens is 2. The third-order valence-electron chi connectivity index (χ3n) is 5.75. The van der Waals surface area contributed by atoms with E-state index in [4.69, 9.17) is 4.74 Å². The van der Waals surface area contributed by atoms with Crippen molar-refractivity contribution in [3.8, 4) is 17.0 Å². The average Bonchev–Trinajstić information content (AvgIpc) is 3.30. The summed E-state index contributed by atoms with van der Waals surface area (Å²) in [4.78, 5) is 17.3. The number of para-hydroxylation sites is 2. The number of rotatable bonds is 7. The highest BCUT2D eigenvalue weighted by Gasteiger charge is 2.24. The van der Waals surface area contributed by atoms with Gasteiger partial charge >= 0.3 is 0 Å². The van der Waals surface area contributed by atoms with Gasteiger partial charge in [-0.2, -0.15) is 5.10 Å². The second kappa shape index (κ2) is 9.69. The number of nitrogens with zero attached hydrogens (tertiary/aromatic N) is 3. The summed E-state index contributed by atoms with van der Waals surface area (Å²) >= 11 is 0. The number of nitrogens with one attached hydrogen (secondary N) is 1. The van der Waals surface area contributed by atoms with Crippen LogP contribution in [-0.4, -0.2) is 53.8 Å². The smallest absolute Gasteiger partial charge is 0.272 e. The topological polar surface area (TPSA) is 61.5 Å². The van der Waals surface area contributed by atoms with Crippen molar-refractivity contribution in [3.63, 3.8) is 0 Å². The standard InChI is InChI=1S/C25H30N4O2/c1-3-4-17-31-24-12-8-6-10-20(24)21-18-22(27-26-21)25(30)29-15-13-28(14-16-29)23-11-7-5-9-19(23)2/h5-12,18H,3-4,13-17H2,1-2H3,(H,26,27). The number of hydrogen-bond acceptors (Lipinski definition) is 4. The third kappa shape index (κ3) is 4.74. The number of benzene rings is 2. The fraction of sp³-hybridized carbons (Fsp3) is 0.360. The van der Waals surface area contributed by atoms with E-state index in [1.807, 2.05) is 35.2 Å². The molecule has 0 saturated carbocycles. The maximum absolute atomic E-state index is 13.1. The van der Waals surface area contributed by atoms with Crippen LogP contribution in [0.1, 0.15) is 35.8 Å². The average molecular weight is 419 g/mol. The maximum Gasteiger partial charge on any atom is 0.272 e. The van der Waals surface area contributed by atoms with Crippen molar-refractivity contribution in [3.05, 3.63) is 65.9 Å². The van der Waals surface area contributed by atoms with E-state index in [9.17, 15) is 4.79 Å². The Hall–Kier alpha value is -3.28. The molecular formula is C25H30N4O2. The maximum atomic E-state index is 13.1. The van der Waals surface area contributed by atoms with Crippen molar-refractivity contribution in [2.45, 2.75) is 26.7 Å². The number of carbonyl (C=O) groups is 1. The van der Waals surface area contributed by atoms with Crippen LogP contribution in [0.4, 0.5) is 5.69 Å². The molecule has 2 aromatic carbocycles. The Morgan fingerprint density at radius 1 is 1.06 bits per heavy atom. The molecule has 0 aliphatic carbocycles. The van der Waals surface area contributed by atoms with Gasteiger partial charge in [-0.05, 0) is 43.2 Å². The van der Waals surface area contributed by atoms with Gasteiger partial charge in [0, 0.05) is 37.4 Å². The van der Waals surface area contributed by atoms with Gasteiger partial charge in [-0.25, -0.2) is 0 Å². The molecule has 1 aromatic heterocycles. The van der Waals surface area contributed by atoms with Crippen LogP contribution in [0.2, 0.25) is 0 Å². The number of unbranched alkanes of at least 4 members (excludes halogenated alkanes) is 1.